The number of nitrogens with zero attached hydrogens (tertiary/aromatic N) is 2. The molecule has 3 rings (SSSR count). The molecule has 0 aliphatic carbocycles. The van der Waals surface area contributed by atoms with Gasteiger partial charge in [0, 0.05) is 17.7 Å². The van der Waals surface area contributed by atoms with Crippen molar-refractivity contribution in [2.75, 3.05) is 13.7 Å². The fourth-order valence-corrected chi connectivity index (χ4v) is 3.07. The summed E-state index contributed by atoms with van der Waals surface area (Å²) in [7, 11) is 1.53. The first-order chi connectivity index (χ1) is 14.5. The molecule has 8 nitrogen and oxygen atoms in total. The molecule has 30 heavy (non-hydrogen) atoms. The van der Waals surface area contributed by atoms with Crippen molar-refractivity contribution in [3.63, 3.8) is 0 Å². The van der Waals surface area contributed by atoms with E-state index < -0.39 is 12.1 Å². The van der Waals surface area contributed by atoms with Gasteiger partial charge in [-0.1, -0.05) is 30.0 Å². The van der Waals surface area contributed by atoms with Crippen LogP contribution in [0.2, 0.25) is 0 Å². The third-order valence-corrected chi connectivity index (χ3v) is 4.52. The molecule has 0 saturated carbocycles. The highest BCUT2D eigenvalue weighted by Crippen LogP contribution is 2.26. The SMILES string of the molecule is COc1ccc2c(c1)C(=O)N(C[C@@H](C#Cc1ccccc1C#N)NC(=O)NC=O)C2. The number of carbonyl (C=O) groups excluding carboxylic acids is 3. The average Bonchev–Trinajstić information content (AvgIpc) is 3.07. The normalized spacial score (nSPS) is 12.7. The van der Waals surface area contributed by atoms with Crippen molar-refractivity contribution in [2.45, 2.75) is 12.6 Å². The van der Waals surface area contributed by atoms with Gasteiger partial charge in [-0.15, -0.1) is 0 Å². The van der Waals surface area contributed by atoms with Crippen LogP contribution in [0.5, 0.6) is 5.75 Å². The number of fused-ring (bicyclic) bond motifs is 1. The highest BCUT2D eigenvalue weighted by molar-refractivity contribution is 5.98. The zero-order valence-corrected chi connectivity index (χ0v) is 16.1. The predicted octanol–water partition coefficient (Wildman–Crippen LogP) is 1.40. The lowest BCUT2D eigenvalue weighted by Crippen LogP contribution is -2.46. The van der Waals surface area contributed by atoms with Gasteiger partial charge in [-0.2, -0.15) is 5.26 Å². The predicted molar refractivity (Wildman–Crippen MR) is 107 cm³/mol. The molecule has 1 heterocycles. The molecule has 2 aromatic carbocycles. The summed E-state index contributed by atoms with van der Waals surface area (Å²) in [5.74, 6) is 6.15. The van der Waals surface area contributed by atoms with Crippen molar-refractivity contribution in [3.8, 4) is 23.7 Å². The molecule has 150 valence electrons. The topological polar surface area (TPSA) is 112 Å². The highest BCUT2D eigenvalue weighted by Gasteiger charge is 2.29. The minimum atomic E-state index is -0.767. The standard InChI is InChI=1S/C22H18N4O4/c1-30-19-9-7-17-12-26(21(28)20(17)10-19)13-18(25-22(29)24-14-27)8-6-15-4-2-3-5-16(15)11-23/h2-5,7,9-10,14,18H,12-13H2,1H3,(H2,24,25,27,29)/t18-/m1/s1. The van der Waals surface area contributed by atoms with Gasteiger partial charge < -0.3 is 15.0 Å². The van der Waals surface area contributed by atoms with Crippen LogP contribution < -0.4 is 15.4 Å². The fourth-order valence-electron chi connectivity index (χ4n) is 3.07. The number of rotatable bonds is 5. The maximum Gasteiger partial charge on any atom is 0.322 e. The molecule has 1 atom stereocenters. The van der Waals surface area contributed by atoms with Crippen molar-refractivity contribution in [1.82, 2.24) is 15.5 Å². The van der Waals surface area contributed by atoms with E-state index in [4.69, 9.17) is 4.74 Å². The number of hydrogen-bond donors (Lipinski definition) is 2. The molecule has 8 heteroatoms. The van der Waals surface area contributed by atoms with Gasteiger partial charge in [0.05, 0.1) is 19.2 Å². The first kappa shape index (κ1) is 20.4. The van der Waals surface area contributed by atoms with Crippen LogP contribution >= 0.6 is 0 Å². The number of ether oxygens (including phenoxy) is 1. The van der Waals surface area contributed by atoms with Crippen LogP contribution in [0.15, 0.2) is 42.5 Å². The Labute approximate surface area is 173 Å². The summed E-state index contributed by atoms with van der Waals surface area (Å²) in [5, 5.41) is 13.8. The Morgan fingerprint density at radius 3 is 2.77 bits per heavy atom. The first-order valence-corrected chi connectivity index (χ1v) is 9.03. The Balaban J connectivity index is 1.83. The average molecular weight is 402 g/mol. The minimum absolute atomic E-state index is 0.101. The van der Waals surface area contributed by atoms with Gasteiger partial charge in [-0.25, -0.2) is 4.79 Å². The maximum absolute atomic E-state index is 12.8. The fraction of sp³-hybridized carbons (Fsp3) is 0.182. The Morgan fingerprint density at radius 1 is 1.30 bits per heavy atom. The third kappa shape index (κ3) is 4.57. The lowest BCUT2D eigenvalue weighted by Gasteiger charge is -2.21. The number of methoxy groups -OCH3 is 1. The molecular formula is C22H18N4O4. The van der Waals surface area contributed by atoms with E-state index in [1.54, 1.807) is 41.3 Å². The summed E-state index contributed by atoms with van der Waals surface area (Å²) < 4.78 is 5.18. The number of benzene rings is 2. The van der Waals surface area contributed by atoms with Gasteiger partial charge in [-0.05, 0) is 29.8 Å². The minimum Gasteiger partial charge on any atom is -0.497 e. The number of hydrogen-bond acceptors (Lipinski definition) is 5. The van der Waals surface area contributed by atoms with Gasteiger partial charge in [0.15, 0.2) is 0 Å². The number of urea groups is 1. The van der Waals surface area contributed by atoms with Crippen molar-refractivity contribution < 1.29 is 19.1 Å². The molecule has 0 spiro atoms. The van der Waals surface area contributed by atoms with E-state index in [0.717, 1.165) is 5.56 Å². The Morgan fingerprint density at radius 2 is 2.07 bits per heavy atom. The van der Waals surface area contributed by atoms with Crippen LogP contribution in [0.3, 0.4) is 0 Å². The number of nitrogens with one attached hydrogen (secondary N) is 2. The summed E-state index contributed by atoms with van der Waals surface area (Å²) in [4.78, 5) is 36.7. The van der Waals surface area contributed by atoms with Gasteiger partial charge in [0.2, 0.25) is 6.41 Å². The number of amides is 4. The molecule has 2 N–H and O–H groups in total. The van der Waals surface area contributed by atoms with E-state index in [9.17, 15) is 19.6 Å². The van der Waals surface area contributed by atoms with Crippen LogP contribution in [0.1, 0.15) is 27.0 Å². The number of nitriles is 1. The van der Waals surface area contributed by atoms with Gasteiger partial charge in [0.25, 0.3) is 5.91 Å². The van der Waals surface area contributed by atoms with E-state index in [0.29, 0.717) is 29.0 Å². The second kappa shape index (κ2) is 9.26. The molecule has 0 saturated heterocycles. The number of imide groups is 1. The Hall–Kier alpha value is -4.30. The van der Waals surface area contributed by atoms with E-state index in [-0.39, 0.29) is 18.9 Å². The molecule has 2 aromatic rings. The molecule has 4 amide bonds. The van der Waals surface area contributed by atoms with Gasteiger partial charge >= 0.3 is 6.03 Å². The van der Waals surface area contributed by atoms with Crippen molar-refractivity contribution in [3.05, 3.63) is 64.7 Å². The summed E-state index contributed by atoms with van der Waals surface area (Å²) in [5.41, 5.74) is 2.29. The zero-order chi connectivity index (χ0) is 21.5. The smallest absolute Gasteiger partial charge is 0.322 e. The summed E-state index contributed by atoms with van der Waals surface area (Å²) in [6.07, 6.45) is 0.258. The highest BCUT2D eigenvalue weighted by atomic mass is 16.5. The van der Waals surface area contributed by atoms with Crippen LogP contribution in [0.4, 0.5) is 4.79 Å². The van der Waals surface area contributed by atoms with Crippen LogP contribution in [-0.4, -0.2) is 42.9 Å². The second-order valence-electron chi connectivity index (χ2n) is 6.42. The van der Waals surface area contributed by atoms with E-state index in [2.05, 4.69) is 23.2 Å². The quantitative estimate of drug-likeness (QED) is 0.580. The molecule has 0 radical (unpaired) electrons. The second-order valence-corrected chi connectivity index (χ2v) is 6.42. The Kier molecular flexibility index (Phi) is 6.31. The molecule has 0 fully saturated rings. The lowest BCUT2D eigenvalue weighted by atomic mass is 10.1. The van der Waals surface area contributed by atoms with Crippen molar-refractivity contribution >= 4 is 18.3 Å². The first-order valence-electron chi connectivity index (χ1n) is 9.03. The van der Waals surface area contributed by atoms with Crippen LogP contribution in [-0.2, 0) is 11.3 Å². The third-order valence-electron chi connectivity index (χ3n) is 4.52. The van der Waals surface area contributed by atoms with Crippen molar-refractivity contribution in [2.24, 2.45) is 0 Å². The molecule has 0 bridgehead atoms. The maximum atomic E-state index is 12.8. The monoisotopic (exact) mass is 402 g/mol. The zero-order valence-electron chi connectivity index (χ0n) is 16.1. The molecule has 0 unspecified atom stereocenters. The summed E-state index contributed by atoms with van der Waals surface area (Å²) >= 11 is 0. The summed E-state index contributed by atoms with van der Waals surface area (Å²) in [6, 6.07) is 12.6. The van der Waals surface area contributed by atoms with E-state index in [1.165, 1.54) is 7.11 Å². The number of carbonyl (C=O) groups is 3. The Bertz CT molecular complexity index is 1090. The lowest BCUT2D eigenvalue weighted by molar-refractivity contribution is -0.108. The summed E-state index contributed by atoms with van der Waals surface area (Å²) in [6.45, 7) is 0.464. The van der Waals surface area contributed by atoms with E-state index >= 15 is 0 Å². The molecule has 0 aromatic heterocycles. The molecule has 1 aliphatic rings. The van der Waals surface area contributed by atoms with Crippen LogP contribution in [0.25, 0.3) is 0 Å². The van der Waals surface area contributed by atoms with Gasteiger partial charge in [-0.3, -0.25) is 14.9 Å². The molecular weight excluding hydrogens is 384 g/mol. The van der Waals surface area contributed by atoms with E-state index in [1.807, 2.05) is 11.4 Å². The van der Waals surface area contributed by atoms with Crippen LogP contribution in [0, 0.1) is 23.2 Å². The largest absolute Gasteiger partial charge is 0.497 e. The van der Waals surface area contributed by atoms with Crippen molar-refractivity contribution in [1.29, 1.82) is 5.26 Å². The van der Waals surface area contributed by atoms with Gasteiger partial charge in [0.1, 0.15) is 17.9 Å². The molecule has 1 aliphatic heterocycles.